The summed E-state index contributed by atoms with van der Waals surface area (Å²) in [6, 6.07) is 14.1. The summed E-state index contributed by atoms with van der Waals surface area (Å²) in [5.41, 5.74) is 2.11. The molecular weight excluding hydrogens is 174 g/mol. The van der Waals surface area contributed by atoms with Crippen LogP contribution in [-0.4, -0.2) is 4.57 Å². The van der Waals surface area contributed by atoms with E-state index in [1.165, 1.54) is 0 Å². The molecule has 1 aromatic carbocycles. The predicted octanol–water partition coefficient (Wildman–Crippen LogP) is 1.85. The first kappa shape index (κ1) is 8.75. The van der Waals surface area contributed by atoms with E-state index in [2.05, 4.69) is 6.07 Å². The largest absolute Gasteiger partial charge is 0.318 e. The normalized spacial score (nSPS) is 10.1. The Bertz CT molecular complexity index is 485. The van der Waals surface area contributed by atoms with E-state index in [1.807, 2.05) is 36.5 Å². The van der Waals surface area contributed by atoms with Crippen molar-refractivity contribution >= 4 is 0 Å². The molecule has 0 fully saturated rings. The fourth-order valence-electron chi connectivity index (χ4n) is 1.34. The zero-order valence-corrected chi connectivity index (χ0v) is 7.90. The van der Waals surface area contributed by atoms with Crippen molar-refractivity contribution in [3.8, 4) is 11.1 Å². The molecule has 1 radical (unpaired) electrons. The lowest BCUT2D eigenvalue weighted by atomic mass is 10.1. The molecule has 0 aliphatic rings. The van der Waals surface area contributed by atoms with Crippen molar-refractivity contribution in [1.29, 1.82) is 0 Å². The second-order valence-electron chi connectivity index (χ2n) is 3.16. The van der Waals surface area contributed by atoms with Gasteiger partial charge in [-0.3, -0.25) is 4.79 Å². The predicted molar refractivity (Wildman–Crippen MR) is 56.0 cm³/mol. The van der Waals surface area contributed by atoms with Crippen LogP contribution in [-0.2, 0) is 7.05 Å². The maximum Gasteiger partial charge on any atom is 0.250 e. The van der Waals surface area contributed by atoms with Gasteiger partial charge in [-0.05, 0) is 29.3 Å². The molecule has 0 amide bonds. The zero-order chi connectivity index (χ0) is 9.97. The topological polar surface area (TPSA) is 22.0 Å². The van der Waals surface area contributed by atoms with Crippen molar-refractivity contribution in [2.24, 2.45) is 7.05 Å². The molecule has 14 heavy (non-hydrogen) atoms. The van der Waals surface area contributed by atoms with Crippen LogP contribution in [0.15, 0.2) is 47.4 Å². The van der Waals surface area contributed by atoms with E-state index in [0.29, 0.717) is 0 Å². The maximum atomic E-state index is 11.2. The number of pyridine rings is 1. The van der Waals surface area contributed by atoms with Crippen LogP contribution >= 0.6 is 0 Å². The molecule has 0 aliphatic heterocycles. The Morgan fingerprint density at radius 3 is 2.71 bits per heavy atom. The van der Waals surface area contributed by atoms with Gasteiger partial charge in [0.2, 0.25) is 5.56 Å². The quantitative estimate of drug-likeness (QED) is 0.663. The first-order valence-corrected chi connectivity index (χ1v) is 4.40. The number of aryl methyl sites for hydroxylation is 1. The molecule has 0 N–H and O–H groups in total. The summed E-state index contributed by atoms with van der Waals surface area (Å²) in [4.78, 5) is 11.2. The van der Waals surface area contributed by atoms with E-state index in [1.54, 1.807) is 17.7 Å². The summed E-state index contributed by atoms with van der Waals surface area (Å²) in [5.74, 6) is 0. The van der Waals surface area contributed by atoms with Crippen LogP contribution in [0.2, 0.25) is 0 Å². The molecule has 1 aromatic heterocycles. The molecule has 1 heterocycles. The van der Waals surface area contributed by atoms with Gasteiger partial charge in [0.25, 0.3) is 0 Å². The molecule has 0 atom stereocenters. The van der Waals surface area contributed by atoms with Gasteiger partial charge in [0.1, 0.15) is 0 Å². The van der Waals surface area contributed by atoms with Crippen LogP contribution in [0, 0.1) is 6.07 Å². The Morgan fingerprint density at radius 2 is 2.07 bits per heavy atom. The fraction of sp³-hybridized carbons (Fsp3) is 0.0833. The van der Waals surface area contributed by atoms with Gasteiger partial charge >= 0.3 is 0 Å². The number of hydrogen-bond donors (Lipinski definition) is 0. The third kappa shape index (κ3) is 1.59. The van der Waals surface area contributed by atoms with E-state index >= 15 is 0 Å². The minimum Gasteiger partial charge on any atom is -0.318 e. The molecule has 0 saturated heterocycles. The molecule has 0 spiro atoms. The lowest BCUT2D eigenvalue weighted by molar-refractivity contribution is 0.862. The van der Waals surface area contributed by atoms with E-state index in [0.717, 1.165) is 11.1 Å². The monoisotopic (exact) mass is 184 g/mol. The molecular formula is C12H10NO. The number of aromatic nitrogens is 1. The Balaban J connectivity index is 2.54. The van der Waals surface area contributed by atoms with Gasteiger partial charge < -0.3 is 4.57 Å². The summed E-state index contributed by atoms with van der Waals surface area (Å²) in [7, 11) is 1.75. The van der Waals surface area contributed by atoms with Crippen molar-refractivity contribution in [1.82, 2.24) is 4.57 Å². The summed E-state index contributed by atoms with van der Waals surface area (Å²) in [6.07, 6.45) is 1.82. The molecule has 2 nitrogen and oxygen atoms in total. The standard InChI is InChI=1S/C12H10NO/c1-13-9-11(7-8-12(13)14)10-5-3-2-4-6-10/h2-3,5-9H,1H3. The molecule has 0 saturated carbocycles. The van der Waals surface area contributed by atoms with Crippen molar-refractivity contribution < 1.29 is 0 Å². The van der Waals surface area contributed by atoms with Gasteiger partial charge in [-0.1, -0.05) is 18.2 Å². The Morgan fingerprint density at radius 1 is 1.21 bits per heavy atom. The minimum atomic E-state index is 0.00802. The van der Waals surface area contributed by atoms with E-state index < -0.39 is 0 Å². The van der Waals surface area contributed by atoms with Crippen LogP contribution in [0.1, 0.15) is 0 Å². The van der Waals surface area contributed by atoms with Crippen LogP contribution in [0.3, 0.4) is 0 Å². The van der Waals surface area contributed by atoms with Crippen molar-refractivity contribution in [2.75, 3.05) is 0 Å². The van der Waals surface area contributed by atoms with E-state index in [9.17, 15) is 4.79 Å². The highest BCUT2D eigenvalue weighted by Crippen LogP contribution is 2.15. The van der Waals surface area contributed by atoms with Crippen LogP contribution in [0.25, 0.3) is 11.1 Å². The molecule has 2 rings (SSSR count). The van der Waals surface area contributed by atoms with Gasteiger partial charge in [0.15, 0.2) is 0 Å². The van der Waals surface area contributed by atoms with Crippen molar-refractivity contribution in [2.45, 2.75) is 0 Å². The average Bonchev–Trinajstić information content (AvgIpc) is 2.23. The number of rotatable bonds is 1. The average molecular weight is 184 g/mol. The fourth-order valence-corrected chi connectivity index (χ4v) is 1.34. The summed E-state index contributed by atoms with van der Waals surface area (Å²) in [5, 5.41) is 0. The third-order valence-electron chi connectivity index (χ3n) is 2.13. The lowest BCUT2D eigenvalue weighted by Gasteiger charge is -2.02. The van der Waals surface area contributed by atoms with Crippen LogP contribution in [0.4, 0.5) is 0 Å². The van der Waals surface area contributed by atoms with Crippen LogP contribution in [0.5, 0.6) is 0 Å². The summed E-state index contributed by atoms with van der Waals surface area (Å²) < 4.78 is 1.57. The second-order valence-corrected chi connectivity index (χ2v) is 3.16. The lowest BCUT2D eigenvalue weighted by Crippen LogP contribution is -2.13. The van der Waals surface area contributed by atoms with Crippen molar-refractivity contribution in [3.05, 3.63) is 59.0 Å². The molecule has 0 bridgehead atoms. The molecule has 2 aromatic rings. The van der Waals surface area contributed by atoms with Gasteiger partial charge in [-0.2, -0.15) is 0 Å². The number of benzene rings is 1. The van der Waals surface area contributed by atoms with E-state index in [-0.39, 0.29) is 5.56 Å². The third-order valence-corrected chi connectivity index (χ3v) is 2.13. The maximum absolute atomic E-state index is 11.2. The summed E-state index contributed by atoms with van der Waals surface area (Å²) in [6.45, 7) is 0. The highest BCUT2D eigenvalue weighted by Gasteiger charge is 1.97. The van der Waals surface area contributed by atoms with Gasteiger partial charge in [0.05, 0.1) is 0 Å². The highest BCUT2D eigenvalue weighted by atomic mass is 16.1. The SMILES string of the molecule is Cn1cc(-c2c[c]ccc2)ccc1=O. The highest BCUT2D eigenvalue weighted by molar-refractivity contribution is 5.61. The Labute approximate surface area is 82.4 Å². The molecule has 0 unspecified atom stereocenters. The number of hydrogen-bond acceptors (Lipinski definition) is 1. The smallest absolute Gasteiger partial charge is 0.250 e. The zero-order valence-electron chi connectivity index (χ0n) is 7.90. The summed E-state index contributed by atoms with van der Waals surface area (Å²) >= 11 is 0. The van der Waals surface area contributed by atoms with Gasteiger partial charge in [0, 0.05) is 19.3 Å². The molecule has 69 valence electrons. The minimum absolute atomic E-state index is 0.00802. The van der Waals surface area contributed by atoms with Gasteiger partial charge in [-0.25, -0.2) is 0 Å². The Hall–Kier alpha value is -1.83. The molecule has 0 aliphatic carbocycles. The van der Waals surface area contributed by atoms with Crippen molar-refractivity contribution in [3.63, 3.8) is 0 Å². The first-order chi connectivity index (χ1) is 6.77. The first-order valence-electron chi connectivity index (χ1n) is 4.40. The van der Waals surface area contributed by atoms with Gasteiger partial charge in [-0.15, -0.1) is 0 Å². The second kappa shape index (κ2) is 3.50. The van der Waals surface area contributed by atoms with E-state index in [4.69, 9.17) is 0 Å². The number of nitrogens with zero attached hydrogens (tertiary/aromatic N) is 1. The molecule has 2 heteroatoms. The Kier molecular flexibility index (Phi) is 2.19. The van der Waals surface area contributed by atoms with Crippen LogP contribution < -0.4 is 5.56 Å².